The molecular weight excluding hydrogens is 378 g/mol. The summed E-state index contributed by atoms with van der Waals surface area (Å²) in [7, 11) is 0. The number of Topliss-reactive ketones (excluding diaryl/α,β-unsaturated/α-hetero) is 1. The highest BCUT2D eigenvalue weighted by Crippen LogP contribution is 2.25. The summed E-state index contributed by atoms with van der Waals surface area (Å²) in [5.41, 5.74) is 3.52. The molecule has 1 saturated heterocycles. The van der Waals surface area contributed by atoms with Crippen LogP contribution in [-0.2, 0) is 0 Å². The van der Waals surface area contributed by atoms with E-state index in [1.165, 1.54) is 0 Å². The molecule has 1 aliphatic heterocycles. The maximum atomic E-state index is 13.3. The summed E-state index contributed by atoms with van der Waals surface area (Å²) in [5.74, 6) is 1.87. The molecule has 0 saturated carbocycles. The number of carbonyl (C=O) groups is 1. The van der Waals surface area contributed by atoms with E-state index < -0.39 is 0 Å². The molecular formula is C22H25N7O. The number of hydrogen-bond donors (Lipinski definition) is 1. The number of H-pyrrole nitrogens is 1. The number of aromatic amines is 1. The molecule has 1 aliphatic rings. The first kappa shape index (κ1) is 18.7. The highest BCUT2D eigenvalue weighted by molar-refractivity contribution is 6.11. The van der Waals surface area contributed by atoms with Crippen LogP contribution in [0.3, 0.4) is 0 Å². The average Bonchev–Trinajstić information content (AvgIpc) is 3.31. The summed E-state index contributed by atoms with van der Waals surface area (Å²) < 4.78 is 1.77. The zero-order valence-electron chi connectivity index (χ0n) is 17.5. The van der Waals surface area contributed by atoms with Crippen LogP contribution in [0.2, 0.25) is 0 Å². The zero-order valence-corrected chi connectivity index (χ0v) is 17.5. The molecule has 0 aliphatic carbocycles. The van der Waals surface area contributed by atoms with E-state index in [0.29, 0.717) is 0 Å². The molecule has 154 valence electrons. The minimum absolute atomic E-state index is 0.166. The molecule has 1 N–H and O–H groups in total. The quantitative estimate of drug-likeness (QED) is 0.528. The Morgan fingerprint density at radius 3 is 2.60 bits per heavy atom. The van der Waals surface area contributed by atoms with E-state index in [9.17, 15) is 4.79 Å². The van der Waals surface area contributed by atoms with Gasteiger partial charge >= 0.3 is 0 Å². The number of nitrogens with one attached hydrogen (secondary N) is 1. The van der Waals surface area contributed by atoms with E-state index in [1.807, 2.05) is 57.2 Å². The number of fused-ring (bicyclic) bond motifs is 2. The number of para-hydroxylation sites is 1. The van der Waals surface area contributed by atoms with Gasteiger partial charge in [0.2, 0.25) is 0 Å². The maximum absolute atomic E-state index is 13.3. The van der Waals surface area contributed by atoms with Crippen LogP contribution in [0.5, 0.6) is 0 Å². The van der Waals surface area contributed by atoms with Crippen molar-refractivity contribution >= 4 is 28.2 Å². The Labute approximate surface area is 174 Å². The van der Waals surface area contributed by atoms with Crippen molar-refractivity contribution in [3.8, 4) is 0 Å². The average molecular weight is 403 g/mol. The van der Waals surface area contributed by atoms with E-state index in [0.717, 1.165) is 65.6 Å². The summed E-state index contributed by atoms with van der Waals surface area (Å²) in [4.78, 5) is 21.2. The Morgan fingerprint density at radius 1 is 1.03 bits per heavy atom. The second-order valence-electron chi connectivity index (χ2n) is 7.94. The number of rotatable bonds is 4. The summed E-state index contributed by atoms with van der Waals surface area (Å²) in [5, 5.41) is 13.9. The van der Waals surface area contributed by atoms with Crippen molar-refractivity contribution in [3.63, 3.8) is 0 Å². The van der Waals surface area contributed by atoms with Gasteiger partial charge in [0.05, 0.1) is 6.04 Å². The SMILES string of the molecule is Cc1[nH]c2ccccc2c1C(=O)C(C)N1CCN(c2ccc3nnc(C)n3n2)CC1. The van der Waals surface area contributed by atoms with Gasteiger partial charge < -0.3 is 9.88 Å². The molecule has 1 aromatic carbocycles. The summed E-state index contributed by atoms with van der Waals surface area (Å²) in [6.45, 7) is 9.17. The van der Waals surface area contributed by atoms with Crippen molar-refractivity contribution in [3.05, 3.63) is 53.5 Å². The van der Waals surface area contributed by atoms with Gasteiger partial charge in [0, 0.05) is 48.3 Å². The Balaban J connectivity index is 1.31. The van der Waals surface area contributed by atoms with Crippen LogP contribution >= 0.6 is 0 Å². The largest absolute Gasteiger partial charge is 0.358 e. The predicted octanol–water partition coefficient (Wildman–Crippen LogP) is 2.62. The number of hydrogen-bond acceptors (Lipinski definition) is 6. The molecule has 5 rings (SSSR count). The Morgan fingerprint density at radius 2 is 1.80 bits per heavy atom. The lowest BCUT2D eigenvalue weighted by Crippen LogP contribution is -2.52. The third kappa shape index (κ3) is 3.04. The number of aryl methyl sites for hydroxylation is 2. The number of carbonyl (C=O) groups excluding carboxylic acids is 1. The Kier molecular flexibility index (Phi) is 4.51. The Bertz CT molecular complexity index is 1230. The highest BCUT2D eigenvalue weighted by atomic mass is 16.1. The summed E-state index contributed by atoms with van der Waals surface area (Å²) in [6.07, 6.45) is 0. The molecule has 1 unspecified atom stereocenters. The van der Waals surface area contributed by atoms with Crippen LogP contribution in [0, 0.1) is 13.8 Å². The van der Waals surface area contributed by atoms with Crippen LogP contribution < -0.4 is 4.90 Å². The molecule has 8 nitrogen and oxygen atoms in total. The molecule has 0 spiro atoms. The normalized spacial score (nSPS) is 16.4. The first-order valence-corrected chi connectivity index (χ1v) is 10.3. The fraction of sp³-hybridized carbons (Fsp3) is 0.364. The minimum atomic E-state index is -0.166. The molecule has 4 aromatic rings. The van der Waals surface area contributed by atoms with Crippen LogP contribution in [-0.4, -0.2) is 67.7 Å². The van der Waals surface area contributed by atoms with Gasteiger partial charge in [-0.3, -0.25) is 9.69 Å². The van der Waals surface area contributed by atoms with Gasteiger partial charge in [-0.25, -0.2) is 0 Å². The third-order valence-electron chi connectivity index (χ3n) is 6.11. The molecule has 30 heavy (non-hydrogen) atoms. The first-order valence-electron chi connectivity index (χ1n) is 10.3. The molecule has 0 radical (unpaired) electrons. The minimum Gasteiger partial charge on any atom is -0.358 e. The van der Waals surface area contributed by atoms with E-state index in [1.54, 1.807) is 4.52 Å². The molecule has 8 heteroatoms. The van der Waals surface area contributed by atoms with Crippen molar-refractivity contribution in [1.82, 2.24) is 29.7 Å². The van der Waals surface area contributed by atoms with Gasteiger partial charge in [-0.1, -0.05) is 18.2 Å². The molecule has 0 amide bonds. The third-order valence-corrected chi connectivity index (χ3v) is 6.11. The van der Waals surface area contributed by atoms with Crippen LogP contribution in [0.1, 0.15) is 28.8 Å². The van der Waals surface area contributed by atoms with Gasteiger partial charge in [0.1, 0.15) is 5.82 Å². The van der Waals surface area contributed by atoms with Crippen LogP contribution in [0.15, 0.2) is 36.4 Å². The van der Waals surface area contributed by atoms with Crippen molar-refractivity contribution in [2.45, 2.75) is 26.8 Å². The van der Waals surface area contributed by atoms with Gasteiger partial charge in [0.15, 0.2) is 17.3 Å². The summed E-state index contributed by atoms with van der Waals surface area (Å²) >= 11 is 0. The van der Waals surface area contributed by atoms with E-state index in [-0.39, 0.29) is 11.8 Å². The predicted molar refractivity (Wildman–Crippen MR) is 116 cm³/mol. The lowest BCUT2D eigenvalue weighted by atomic mass is 10.0. The molecule has 1 atom stereocenters. The molecule has 3 aromatic heterocycles. The van der Waals surface area contributed by atoms with E-state index >= 15 is 0 Å². The number of nitrogens with zero attached hydrogens (tertiary/aromatic N) is 6. The van der Waals surface area contributed by atoms with Gasteiger partial charge in [-0.2, -0.15) is 4.52 Å². The number of piperazine rings is 1. The number of benzene rings is 1. The Hall–Kier alpha value is -3.26. The topological polar surface area (TPSA) is 82.4 Å². The zero-order chi connectivity index (χ0) is 20.8. The molecule has 4 heterocycles. The van der Waals surface area contributed by atoms with Gasteiger partial charge in [-0.05, 0) is 39.0 Å². The van der Waals surface area contributed by atoms with Gasteiger partial charge in [0.25, 0.3) is 0 Å². The van der Waals surface area contributed by atoms with E-state index in [2.05, 4.69) is 30.1 Å². The fourth-order valence-electron chi connectivity index (χ4n) is 4.36. The standard InChI is InChI=1S/C22H25N7O/c1-14-21(17-6-4-5-7-18(17)23-14)22(30)15(2)27-10-12-28(13-11-27)20-9-8-19-25-24-16(3)29(19)26-20/h4-9,15,23H,10-13H2,1-3H3. The lowest BCUT2D eigenvalue weighted by molar-refractivity contribution is 0.0830. The number of ketones is 1. The lowest BCUT2D eigenvalue weighted by Gasteiger charge is -2.38. The van der Waals surface area contributed by atoms with Crippen molar-refractivity contribution in [2.24, 2.45) is 0 Å². The number of anilines is 1. The van der Waals surface area contributed by atoms with E-state index in [4.69, 9.17) is 0 Å². The second kappa shape index (κ2) is 7.21. The summed E-state index contributed by atoms with van der Waals surface area (Å²) in [6, 6.07) is 11.8. The van der Waals surface area contributed by atoms with Gasteiger partial charge in [-0.15, -0.1) is 15.3 Å². The molecule has 0 bridgehead atoms. The van der Waals surface area contributed by atoms with Crippen LogP contribution in [0.25, 0.3) is 16.6 Å². The first-order chi connectivity index (χ1) is 14.5. The maximum Gasteiger partial charge on any atom is 0.182 e. The highest BCUT2D eigenvalue weighted by Gasteiger charge is 2.29. The number of aromatic nitrogens is 5. The van der Waals surface area contributed by atoms with Crippen molar-refractivity contribution < 1.29 is 4.79 Å². The second-order valence-corrected chi connectivity index (χ2v) is 7.94. The monoisotopic (exact) mass is 403 g/mol. The van der Waals surface area contributed by atoms with Crippen molar-refractivity contribution in [1.29, 1.82) is 0 Å². The van der Waals surface area contributed by atoms with Crippen molar-refractivity contribution in [2.75, 3.05) is 31.1 Å². The van der Waals surface area contributed by atoms with Crippen LogP contribution in [0.4, 0.5) is 5.82 Å². The molecule has 1 fully saturated rings. The fourth-order valence-corrected chi connectivity index (χ4v) is 4.36. The smallest absolute Gasteiger partial charge is 0.182 e.